The van der Waals surface area contributed by atoms with Crippen molar-refractivity contribution in [2.24, 2.45) is 0 Å². The third-order valence-corrected chi connectivity index (χ3v) is 2.77. The van der Waals surface area contributed by atoms with Crippen molar-refractivity contribution >= 4 is 33.2 Å². The predicted octanol–water partition coefficient (Wildman–Crippen LogP) is 3.26. The second-order valence-corrected chi connectivity index (χ2v) is 3.70. The van der Waals surface area contributed by atoms with Crippen LogP contribution in [0, 0.1) is 6.92 Å². The van der Waals surface area contributed by atoms with Crippen molar-refractivity contribution in [1.82, 2.24) is 4.37 Å². The standard InChI is InChI=1S/C8H6ClNS/c1-5-2-7(9)3-6-4-10-11-8(5)6/h2-4H,1H3. The molecule has 0 amide bonds. The normalized spacial score (nSPS) is 10.7. The zero-order valence-corrected chi connectivity index (χ0v) is 7.54. The molecule has 0 fully saturated rings. The van der Waals surface area contributed by atoms with Crippen LogP contribution < -0.4 is 0 Å². The van der Waals surface area contributed by atoms with Gasteiger partial charge in [-0.15, -0.1) is 0 Å². The molecule has 0 unspecified atom stereocenters. The zero-order chi connectivity index (χ0) is 7.84. The Hall–Kier alpha value is -0.600. The highest BCUT2D eigenvalue weighted by molar-refractivity contribution is 7.13. The molecule has 2 aromatic rings. The molecule has 0 spiro atoms. The van der Waals surface area contributed by atoms with Crippen LogP contribution in [0.5, 0.6) is 0 Å². The lowest BCUT2D eigenvalue weighted by Gasteiger charge is -1.94. The summed E-state index contributed by atoms with van der Waals surface area (Å²) in [5.74, 6) is 0. The molecule has 0 aliphatic rings. The Bertz CT molecular complexity index is 394. The van der Waals surface area contributed by atoms with Crippen molar-refractivity contribution < 1.29 is 0 Å². The maximum Gasteiger partial charge on any atom is 0.0580 e. The van der Waals surface area contributed by atoms with E-state index in [4.69, 9.17) is 11.6 Å². The molecule has 0 aliphatic heterocycles. The lowest BCUT2D eigenvalue weighted by molar-refractivity contribution is 1.55. The average Bonchev–Trinajstić information content (AvgIpc) is 2.34. The molecule has 0 bridgehead atoms. The molecule has 56 valence electrons. The van der Waals surface area contributed by atoms with E-state index in [9.17, 15) is 0 Å². The molecule has 0 aliphatic carbocycles. The van der Waals surface area contributed by atoms with Crippen molar-refractivity contribution in [3.05, 3.63) is 28.9 Å². The lowest BCUT2D eigenvalue weighted by Crippen LogP contribution is -1.71. The molecule has 1 heterocycles. The number of rotatable bonds is 0. The van der Waals surface area contributed by atoms with E-state index in [2.05, 4.69) is 4.37 Å². The molecule has 1 aromatic carbocycles. The van der Waals surface area contributed by atoms with Gasteiger partial charge >= 0.3 is 0 Å². The number of halogens is 1. The predicted molar refractivity (Wildman–Crippen MR) is 49.4 cm³/mol. The first-order chi connectivity index (χ1) is 5.27. The van der Waals surface area contributed by atoms with Crippen molar-refractivity contribution in [3.63, 3.8) is 0 Å². The number of benzene rings is 1. The molecule has 3 heteroatoms. The smallest absolute Gasteiger partial charge is 0.0580 e. The van der Waals surface area contributed by atoms with Crippen LogP contribution in [0.1, 0.15) is 5.56 Å². The molecule has 0 atom stereocenters. The van der Waals surface area contributed by atoms with Gasteiger partial charge < -0.3 is 0 Å². The van der Waals surface area contributed by atoms with Gasteiger partial charge in [0.1, 0.15) is 0 Å². The van der Waals surface area contributed by atoms with Crippen LogP contribution in [-0.2, 0) is 0 Å². The summed E-state index contributed by atoms with van der Waals surface area (Å²) in [7, 11) is 0. The Kier molecular flexibility index (Phi) is 1.59. The van der Waals surface area contributed by atoms with Crippen LogP contribution >= 0.6 is 23.1 Å². The summed E-state index contributed by atoms with van der Waals surface area (Å²) in [6, 6.07) is 3.90. The van der Waals surface area contributed by atoms with Gasteiger partial charge in [-0.3, -0.25) is 0 Å². The Labute approximate surface area is 73.8 Å². The molecule has 11 heavy (non-hydrogen) atoms. The minimum atomic E-state index is 0.787. The first-order valence-electron chi connectivity index (χ1n) is 3.28. The first-order valence-corrected chi connectivity index (χ1v) is 4.43. The third-order valence-electron chi connectivity index (χ3n) is 1.60. The van der Waals surface area contributed by atoms with Crippen LogP contribution in [0.15, 0.2) is 18.3 Å². The molecular weight excluding hydrogens is 178 g/mol. The van der Waals surface area contributed by atoms with Gasteiger partial charge in [0, 0.05) is 16.6 Å². The molecule has 0 saturated carbocycles. The number of aryl methyl sites for hydroxylation is 1. The second-order valence-electron chi connectivity index (χ2n) is 2.47. The van der Waals surface area contributed by atoms with Crippen LogP contribution in [0.4, 0.5) is 0 Å². The summed E-state index contributed by atoms with van der Waals surface area (Å²) < 4.78 is 5.32. The zero-order valence-electron chi connectivity index (χ0n) is 5.97. The monoisotopic (exact) mass is 183 g/mol. The highest BCUT2D eigenvalue weighted by Gasteiger charge is 2.00. The Morgan fingerprint density at radius 1 is 1.45 bits per heavy atom. The van der Waals surface area contributed by atoms with Gasteiger partial charge in [0.25, 0.3) is 0 Å². The highest BCUT2D eigenvalue weighted by atomic mass is 35.5. The summed E-state index contributed by atoms with van der Waals surface area (Å²) in [6.45, 7) is 2.05. The van der Waals surface area contributed by atoms with Gasteiger partial charge in [-0.05, 0) is 36.2 Å². The fourth-order valence-corrected chi connectivity index (χ4v) is 2.09. The van der Waals surface area contributed by atoms with Crippen molar-refractivity contribution in [2.45, 2.75) is 6.92 Å². The Morgan fingerprint density at radius 2 is 2.27 bits per heavy atom. The number of fused-ring (bicyclic) bond motifs is 1. The summed E-state index contributed by atoms with van der Waals surface area (Å²) in [5.41, 5.74) is 1.20. The number of aromatic nitrogens is 1. The summed E-state index contributed by atoms with van der Waals surface area (Å²) in [4.78, 5) is 0. The van der Waals surface area contributed by atoms with Crippen LogP contribution in [-0.4, -0.2) is 4.37 Å². The fourth-order valence-electron chi connectivity index (χ4n) is 1.11. The van der Waals surface area contributed by atoms with Crippen molar-refractivity contribution in [2.75, 3.05) is 0 Å². The van der Waals surface area contributed by atoms with Gasteiger partial charge in [0.05, 0.1) is 4.70 Å². The van der Waals surface area contributed by atoms with Crippen LogP contribution in [0.2, 0.25) is 5.02 Å². The third kappa shape index (κ3) is 1.12. The minimum Gasteiger partial charge on any atom is -0.200 e. The molecular formula is C8H6ClNS. The summed E-state index contributed by atoms with van der Waals surface area (Å²) in [5, 5.41) is 1.93. The van der Waals surface area contributed by atoms with Gasteiger partial charge in [0.15, 0.2) is 0 Å². The number of hydrogen-bond acceptors (Lipinski definition) is 2. The van der Waals surface area contributed by atoms with E-state index in [0.29, 0.717) is 0 Å². The molecule has 0 radical (unpaired) electrons. The van der Waals surface area contributed by atoms with Gasteiger partial charge in [-0.25, -0.2) is 0 Å². The van der Waals surface area contributed by atoms with Gasteiger partial charge in [-0.1, -0.05) is 11.6 Å². The van der Waals surface area contributed by atoms with Gasteiger partial charge in [-0.2, -0.15) is 4.37 Å². The Morgan fingerprint density at radius 3 is 3.09 bits per heavy atom. The summed E-state index contributed by atoms with van der Waals surface area (Å²) >= 11 is 7.37. The van der Waals surface area contributed by atoms with Crippen molar-refractivity contribution in [3.8, 4) is 0 Å². The van der Waals surface area contributed by atoms with E-state index < -0.39 is 0 Å². The van der Waals surface area contributed by atoms with Crippen LogP contribution in [0.25, 0.3) is 10.1 Å². The van der Waals surface area contributed by atoms with Crippen LogP contribution in [0.3, 0.4) is 0 Å². The molecule has 0 saturated heterocycles. The molecule has 1 nitrogen and oxygen atoms in total. The summed E-state index contributed by atoms with van der Waals surface area (Å²) in [6.07, 6.45) is 1.85. The molecule has 2 rings (SSSR count). The minimum absolute atomic E-state index is 0.787. The quantitative estimate of drug-likeness (QED) is 0.611. The lowest BCUT2D eigenvalue weighted by atomic mass is 10.2. The van der Waals surface area contributed by atoms with E-state index in [1.165, 1.54) is 21.8 Å². The maximum absolute atomic E-state index is 5.86. The largest absolute Gasteiger partial charge is 0.200 e. The SMILES string of the molecule is Cc1cc(Cl)cc2cnsc12. The van der Waals surface area contributed by atoms with Gasteiger partial charge in [0.2, 0.25) is 0 Å². The van der Waals surface area contributed by atoms with E-state index in [1.54, 1.807) is 0 Å². The fraction of sp³-hybridized carbons (Fsp3) is 0.125. The Balaban J connectivity index is 2.91. The molecule has 1 aromatic heterocycles. The topological polar surface area (TPSA) is 12.9 Å². The average molecular weight is 184 g/mol. The second kappa shape index (κ2) is 2.47. The number of hydrogen-bond donors (Lipinski definition) is 0. The van der Waals surface area contributed by atoms with E-state index in [1.807, 2.05) is 25.3 Å². The van der Waals surface area contributed by atoms with E-state index in [0.717, 1.165) is 10.4 Å². The van der Waals surface area contributed by atoms with E-state index >= 15 is 0 Å². The first kappa shape index (κ1) is 7.07. The number of nitrogens with zero attached hydrogens (tertiary/aromatic N) is 1. The molecule has 0 N–H and O–H groups in total. The maximum atomic E-state index is 5.86. The van der Waals surface area contributed by atoms with E-state index in [-0.39, 0.29) is 0 Å². The van der Waals surface area contributed by atoms with Crippen molar-refractivity contribution in [1.29, 1.82) is 0 Å². The highest BCUT2D eigenvalue weighted by Crippen LogP contribution is 2.25.